The van der Waals surface area contributed by atoms with Crippen molar-refractivity contribution < 1.29 is 28.9 Å². The van der Waals surface area contributed by atoms with Crippen LogP contribution in [-0.4, -0.2) is 27.4 Å². The highest BCUT2D eigenvalue weighted by atomic mass is 19.1. The van der Waals surface area contributed by atoms with Crippen molar-refractivity contribution in [2.24, 2.45) is 0 Å². The van der Waals surface area contributed by atoms with Gasteiger partial charge in [0.15, 0.2) is 11.6 Å². The minimum Gasteiger partial charge on any atom is -0.505 e. The first-order valence-electron chi connectivity index (χ1n) is 4.97. The number of phenolic OH excluding ortho intramolecular Hbond substituents is 1. The molecule has 0 spiro atoms. The van der Waals surface area contributed by atoms with Gasteiger partial charge in [-0.05, 0) is 18.9 Å². The number of carboxylic acid groups (broad SMARTS) is 1. The highest BCUT2D eigenvalue weighted by Crippen LogP contribution is 2.48. The molecule has 0 amide bonds. The number of carboxylic acids is 1. The number of aliphatic hydroxyl groups excluding tert-OH is 1. The van der Waals surface area contributed by atoms with Crippen molar-refractivity contribution in [1.29, 1.82) is 0 Å². The first-order valence-corrected chi connectivity index (χ1v) is 4.97. The molecule has 1 aliphatic carbocycles. The molecular formula is C11H10F2O4. The third-order valence-electron chi connectivity index (χ3n) is 3.12. The molecule has 0 unspecified atom stereocenters. The molecule has 0 radical (unpaired) electrons. The molecule has 2 rings (SSSR count). The van der Waals surface area contributed by atoms with E-state index in [1.54, 1.807) is 0 Å². The van der Waals surface area contributed by atoms with E-state index in [4.69, 9.17) is 5.11 Å². The Labute approximate surface area is 95.1 Å². The number of phenols is 1. The van der Waals surface area contributed by atoms with Gasteiger partial charge in [0.2, 0.25) is 0 Å². The SMILES string of the molecule is O=C(O)C1(c2cc(F)cc(F)c2O)CC(O)C1. The maximum atomic E-state index is 13.1. The Morgan fingerprint density at radius 2 is 1.94 bits per heavy atom. The van der Waals surface area contributed by atoms with Crippen LogP contribution in [-0.2, 0) is 10.2 Å². The van der Waals surface area contributed by atoms with Gasteiger partial charge in [0, 0.05) is 11.6 Å². The molecule has 0 heterocycles. The number of carbonyl (C=O) groups is 1. The fourth-order valence-corrected chi connectivity index (χ4v) is 2.19. The zero-order valence-electron chi connectivity index (χ0n) is 8.65. The lowest BCUT2D eigenvalue weighted by Gasteiger charge is -2.42. The van der Waals surface area contributed by atoms with E-state index in [0.717, 1.165) is 6.07 Å². The lowest BCUT2D eigenvalue weighted by molar-refractivity contribution is -0.153. The number of aliphatic carboxylic acids is 1. The van der Waals surface area contributed by atoms with E-state index in [9.17, 15) is 23.8 Å². The summed E-state index contributed by atoms with van der Waals surface area (Å²) in [5, 5.41) is 27.8. The average molecular weight is 244 g/mol. The Hall–Kier alpha value is -1.69. The maximum Gasteiger partial charge on any atom is 0.314 e. The normalized spacial score (nSPS) is 27.6. The lowest BCUT2D eigenvalue weighted by atomic mass is 9.62. The topological polar surface area (TPSA) is 77.8 Å². The molecule has 0 saturated heterocycles. The van der Waals surface area contributed by atoms with Crippen LogP contribution in [0.15, 0.2) is 12.1 Å². The number of halogens is 2. The van der Waals surface area contributed by atoms with Crippen LogP contribution in [0.2, 0.25) is 0 Å². The van der Waals surface area contributed by atoms with E-state index in [1.165, 1.54) is 0 Å². The predicted octanol–water partition coefficient (Wildman–Crippen LogP) is 1.15. The van der Waals surface area contributed by atoms with Crippen molar-refractivity contribution in [3.8, 4) is 5.75 Å². The van der Waals surface area contributed by atoms with Crippen LogP contribution in [0.4, 0.5) is 8.78 Å². The number of hydrogen-bond acceptors (Lipinski definition) is 3. The number of aromatic hydroxyl groups is 1. The second-order valence-corrected chi connectivity index (χ2v) is 4.23. The molecule has 0 aliphatic heterocycles. The molecule has 6 heteroatoms. The summed E-state index contributed by atoms with van der Waals surface area (Å²) in [6.07, 6.45) is -1.17. The van der Waals surface area contributed by atoms with Gasteiger partial charge in [0.05, 0.1) is 6.10 Å². The number of hydrogen-bond donors (Lipinski definition) is 3. The zero-order chi connectivity index (χ0) is 12.8. The fourth-order valence-electron chi connectivity index (χ4n) is 2.19. The highest BCUT2D eigenvalue weighted by Gasteiger charge is 2.53. The van der Waals surface area contributed by atoms with Gasteiger partial charge in [-0.25, -0.2) is 8.78 Å². The van der Waals surface area contributed by atoms with Crippen LogP contribution in [0, 0.1) is 11.6 Å². The van der Waals surface area contributed by atoms with E-state index < -0.39 is 34.9 Å². The molecule has 0 bridgehead atoms. The third-order valence-corrected chi connectivity index (χ3v) is 3.12. The van der Waals surface area contributed by atoms with Crippen LogP contribution >= 0.6 is 0 Å². The Morgan fingerprint density at radius 3 is 2.41 bits per heavy atom. The standard InChI is InChI=1S/C11H10F2O4/c12-5-1-7(9(15)8(13)2-5)11(10(16)17)3-6(14)4-11/h1-2,6,14-15H,3-4H2,(H,16,17). The van der Waals surface area contributed by atoms with Crippen molar-refractivity contribution in [2.75, 3.05) is 0 Å². The lowest BCUT2D eigenvalue weighted by Crippen LogP contribution is -2.50. The van der Waals surface area contributed by atoms with Crippen molar-refractivity contribution in [1.82, 2.24) is 0 Å². The number of aliphatic hydroxyl groups is 1. The molecule has 1 aliphatic rings. The summed E-state index contributed by atoms with van der Waals surface area (Å²) in [4.78, 5) is 11.2. The smallest absolute Gasteiger partial charge is 0.314 e. The maximum absolute atomic E-state index is 13.1. The van der Waals surface area contributed by atoms with Gasteiger partial charge in [0.1, 0.15) is 11.2 Å². The summed E-state index contributed by atoms with van der Waals surface area (Å²) in [5.74, 6) is -4.36. The Bertz CT molecular complexity index is 481. The predicted molar refractivity (Wildman–Crippen MR) is 52.6 cm³/mol. The summed E-state index contributed by atoms with van der Waals surface area (Å²) >= 11 is 0. The molecule has 1 saturated carbocycles. The monoisotopic (exact) mass is 244 g/mol. The Kier molecular flexibility index (Phi) is 2.54. The van der Waals surface area contributed by atoms with Gasteiger partial charge in [-0.15, -0.1) is 0 Å². The summed E-state index contributed by atoms with van der Waals surface area (Å²) in [6, 6.07) is 1.27. The first-order chi connectivity index (χ1) is 7.86. The fraction of sp³-hybridized carbons (Fsp3) is 0.364. The largest absolute Gasteiger partial charge is 0.505 e. The minimum absolute atomic E-state index is 0.168. The van der Waals surface area contributed by atoms with Gasteiger partial charge in [0.25, 0.3) is 0 Å². The van der Waals surface area contributed by atoms with Gasteiger partial charge < -0.3 is 15.3 Å². The van der Waals surface area contributed by atoms with Crippen LogP contribution in [0.5, 0.6) is 5.75 Å². The highest BCUT2D eigenvalue weighted by molar-refractivity contribution is 5.84. The molecule has 92 valence electrons. The second kappa shape index (κ2) is 3.66. The van der Waals surface area contributed by atoms with E-state index in [0.29, 0.717) is 6.07 Å². The van der Waals surface area contributed by atoms with Crippen molar-refractivity contribution in [2.45, 2.75) is 24.4 Å². The van der Waals surface area contributed by atoms with Crippen molar-refractivity contribution in [3.05, 3.63) is 29.3 Å². The molecular weight excluding hydrogens is 234 g/mol. The molecule has 1 aromatic carbocycles. The Balaban J connectivity index is 2.55. The molecule has 0 aromatic heterocycles. The Morgan fingerprint density at radius 1 is 1.35 bits per heavy atom. The number of rotatable bonds is 2. The average Bonchev–Trinajstić information content (AvgIpc) is 2.18. The molecule has 1 fully saturated rings. The summed E-state index contributed by atoms with van der Waals surface area (Å²) in [6.45, 7) is 0. The third kappa shape index (κ3) is 1.64. The van der Waals surface area contributed by atoms with E-state index in [-0.39, 0.29) is 18.4 Å². The molecule has 1 aromatic rings. The van der Waals surface area contributed by atoms with Gasteiger partial charge in [-0.1, -0.05) is 0 Å². The summed E-state index contributed by atoms with van der Waals surface area (Å²) in [7, 11) is 0. The quantitative estimate of drug-likeness (QED) is 0.729. The zero-order valence-corrected chi connectivity index (χ0v) is 8.65. The van der Waals surface area contributed by atoms with Gasteiger partial charge in [-0.2, -0.15) is 0 Å². The van der Waals surface area contributed by atoms with E-state index >= 15 is 0 Å². The minimum atomic E-state index is -1.60. The van der Waals surface area contributed by atoms with Crippen LogP contribution < -0.4 is 0 Å². The molecule has 3 N–H and O–H groups in total. The van der Waals surface area contributed by atoms with E-state index in [2.05, 4.69) is 0 Å². The summed E-state index contributed by atoms with van der Waals surface area (Å²) < 4.78 is 26.2. The number of benzene rings is 1. The van der Waals surface area contributed by atoms with Crippen LogP contribution in [0.3, 0.4) is 0 Å². The summed E-state index contributed by atoms with van der Waals surface area (Å²) in [5.41, 5.74) is -1.93. The van der Waals surface area contributed by atoms with E-state index in [1.807, 2.05) is 0 Å². The molecule has 4 nitrogen and oxygen atoms in total. The van der Waals surface area contributed by atoms with Crippen LogP contribution in [0.1, 0.15) is 18.4 Å². The van der Waals surface area contributed by atoms with Gasteiger partial charge in [-0.3, -0.25) is 4.79 Å². The van der Waals surface area contributed by atoms with Gasteiger partial charge >= 0.3 is 5.97 Å². The van der Waals surface area contributed by atoms with Crippen molar-refractivity contribution in [3.63, 3.8) is 0 Å². The molecule has 17 heavy (non-hydrogen) atoms. The first kappa shape index (κ1) is 11.8. The van der Waals surface area contributed by atoms with Crippen LogP contribution in [0.25, 0.3) is 0 Å². The van der Waals surface area contributed by atoms with Crippen molar-refractivity contribution >= 4 is 5.97 Å². The second-order valence-electron chi connectivity index (χ2n) is 4.23. The molecule has 0 atom stereocenters.